The van der Waals surface area contributed by atoms with Crippen LogP contribution >= 0.6 is 15.9 Å². The maximum Gasteiger partial charge on any atom is 0.250 e. The smallest absolute Gasteiger partial charge is 0.250 e. The SMILES string of the molecule is Cc1c(-c2ccc(=O)n(C)c2)nn(-c2ccccc2)c1N.Cc1c(Br)nn(-c2ccccc2)c1N. The van der Waals surface area contributed by atoms with Crippen molar-refractivity contribution in [2.45, 2.75) is 13.8 Å². The van der Waals surface area contributed by atoms with E-state index in [1.54, 1.807) is 28.7 Å². The van der Waals surface area contributed by atoms with Crippen molar-refractivity contribution in [2.75, 3.05) is 11.5 Å². The summed E-state index contributed by atoms with van der Waals surface area (Å²) in [5.41, 5.74) is 17.4. The van der Waals surface area contributed by atoms with Crippen molar-refractivity contribution in [3.63, 3.8) is 0 Å². The third-order valence-electron chi connectivity index (χ3n) is 5.64. The number of rotatable bonds is 3. The van der Waals surface area contributed by atoms with E-state index in [4.69, 9.17) is 11.5 Å². The van der Waals surface area contributed by atoms with Crippen LogP contribution < -0.4 is 17.0 Å². The van der Waals surface area contributed by atoms with Gasteiger partial charge in [0, 0.05) is 36.0 Å². The van der Waals surface area contributed by atoms with Crippen molar-refractivity contribution < 1.29 is 0 Å². The molecular weight excluding hydrogens is 506 g/mol. The Bertz CT molecular complexity index is 1520. The van der Waals surface area contributed by atoms with Crippen LogP contribution in [0.2, 0.25) is 0 Å². The predicted octanol–water partition coefficient (Wildman–Crippen LogP) is 4.65. The summed E-state index contributed by atoms with van der Waals surface area (Å²) >= 11 is 3.35. The molecule has 0 aliphatic rings. The highest BCUT2D eigenvalue weighted by atomic mass is 79.9. The molecule has 0 saturated carbocycles. The number of nitrogens with two attached hydrogens (primary N) is 2. The van der Waals surface area contributed by atoms with Crippen LogP contribution in [-0.2, 0) is 7.05 Å². The van der Waals surface area contributed by atoms with Crippen LogP contribution in [-0.4, -0.2) is 24.1 Å². The second kappa shape index (κ2) is 10.0. The molecule has 0 amide bonds. The van der Waals surface area contributed by atoms with Crippen molar-refractivity contribution in [1.82, 2.24) is 24.1 Å². The number of hydrogen-bond acceptors (Lipinski definition) is 5. The molecule has 0 radical (unpaired) electrons. The third-order valence-corrected chi connectivity index (χ3v) is 6.39. The second-order valence-corrected chi connectivity index (χ2v) is 8.77. The standard InChI is InChI=1S/C16H16N4O.C10H10BrN3/c1-11-15(12-8-9-14(21)19(2)10-12)18-20(16(11)17)13-6-4-3-5-7-13;1-7-9(11)13-14(10(7)12)8-5-3-2-4-6-8/h3-10H,17H2,1-2H3;2-6H,12H2,1H3. The maximum atomic E-state index is 11.5. The van der Waals surface area contributed by atoms with Crippen molar-refractivity contribution in [3.8, 4) is 22.6 Å². The Balaban J connectivity index is 0.000000179. The number of hydrogen-bond donors (Lipinski definition) is 2. The number of pyridine rings is 1. The van der Waals surface area contributed by atoms with E-state index in [1.165, 1.54) is 10.6 Å². The van der Waals surface area contributed by atoms with Gasteiger partial charge in [-0.25, -0.2) is 9.36 Å². The van der Waals surface area contributed by atoms with Gasteiger partial charge >= 0.3 is 0 Å². The first-order valence-corrected chi connectivity index (χ1v) is 11.7. The second-order valence-electron chi connectivity index (χ2n) is 8.02. The highest BCUT2D eigenvalue weighted by molar-refractivity contribution is 9.10. The van der Waals surface area contributed by atoms with E-state index in [0.29, 0.717) is 11.6 Å². The van der Waals surface area contributed by atoms with Crippen molar-refractivity contribution >= 4 is 27.6 Å². The molecule has 5 rings (SSSR count). The normalized spacial score (nSPS) is 10.6. The number of nitrogen functional groups attached to an aromatic ring is 2. The first-order chi connectivity index (χ1) is 16.8. The predicted molar refractivity (Wildman–Crippen MR) is 144 cm³/mol. The van der Waals surface area contributed by atoms with Crippen LogP contribution in [0.25, 0.3) is 22.6 Å². The Labute approximate surface area is 211 Å². The zero-order chi connectivity index (χ0) is 25.1. The van der Waals surface area contributed by atoms with E-state index in [0.717, 1.165) is 38.4 Å². The number of anilines is 2. The summed E-state index contributed by atoms with van der Waals surface area (Å²) in [6, 6.07) is 22.9. The number of benzene rings is 2. The van der Waals surface area contributed by atoms with E-state index in [-0.39, 0.29) is 5.56 Å². The van der Waals surface area contributed by atoms with Crippen LogP contribution in [0.15, 0.2) is 88.4 Å². The molecule has 2 aromatic carbocycles. The number of aryl methyl sites for hydroxylation is 1. The lowest BCUT2D eigenvalue weighted by atomic mass is 10.1. The molecule has 0 unspecified atom stereocenters. The quantitative estimate of drug-likeness (QED) is 0.352. The highest BCUT2D eigenvalue weighted by Gasteiger charge is 2.15. The molecule has 3 heterocycles. The molecule has 0 fully saturated rings. The summed E-state index contributed by atoms with van der Waals surface area (Å²) in [5, 5.41) is 8.89. The van der Waals surface area contributed by atoms with E-state index >= 15 is 0 Å². The lowest BCUT2D eigenvalue weighted by Crippen LogP contribution is -2.14. The topological polar surface area (TPSA) is 110 Å². The van der Waals surface area contributed by atoms with Gasteiger partial charge in [0.2, 0.25) is 5.56 Å². The molecule has 0 bridgehead atoms. The summed E-state index contributed by atoms with van der Waals surface area (Å²) in [7, 11) is 1.72. The molecule has 0 aliphatic carbocycles. The van der Waals surface area contributed by atoms with Gasteiger partial charge in [0.1, 0.15) is 16.2 Å². The van der Waals surface area contributed by atoms with Crippen molar-refractivity contribution in [3.05, 3.63) is 105 Å². The first kappa shape index (κ1) is 24.0. The molecule has 35 heavy (non-hydrogen) atoms. The fourth-order valence-corrected chi connectivity index (χ4v) is 3.89. The molecular formula is C26H26BrN7O. The lowest BCUT2D eigenvalue weighted by Gasteiger charge is -2.03. The minimum Gasteiger partial charge on any atom is -0.383 e. The third kappa shape index (κ3) is 4.90. The highest BCUT2D eigenvalue weighted by Crippen LogP contribution is 2.27. The van der Waals surface area contributed by atoms with Crippen LogP contribution in [0, 0.1) is 13.8 Å². The van der Waals surface area contributed by atoms with Gasteiger partial charge in [-0.3, -0.25) is 4.79 Å². The van der Waals surface area contributed by atoms with Gasteiger partial charge in [0.05, 0.1) is 17.1 Å². The molecule has 0 spiro atoms. The minimum atomic E-state index is -0.0492. The van der Waals surface area contributed by atoms with E-state index in [9.17, 15) is 4.79 Å². The Morgan fingerprint density at radius 2 is 1.26 bits per heavy atom. The van der Waals surface area contributed by atoms with Gasteiger partial charge in [-0.1, -0.05) is 36.4 Å². The summed E-state index contributed by atoms with van der Waals surface area (Å²) in [6.45, 7) is 3.87. The van der Waals surface area contributed by atoms with Crippen LogP contribution in [0.3, 0.4) is 0 Å². The number of aromatic nitrogens is 5. The fraction of sp³-hybridized carbons (Fsp3) is 0.115. The fourth-order valence-electron chi connectivity index (χ4n) is 3.53. The van der Waals surface area contributed by atoms with Gasteiger partial charge in [-0.15, -0.1) is 0 Å². The molecule has 8 nitrogen and oxygen atoms in total. The van der Waals surface area contributed by atoms with Crippen LogP contribution in [0.1, 0.15) is 11.1 Å². The van der Waals surface area contributed by atoms with Gasteiger partial charge < -0.3 is 16.0 Å². The molecule has 178 valence electrons. The zero-order valence-corrected chi connectivity index (χ0v) is 21.3. The Kier molecular flexibility index (Phi) is 6.88. The summed E-state index contributed by atoms with van der Waals surface area (Å²) in [6.07, 6.45) is 1.77. The van der Waals surface area contributed by atoms with Crippen LogP contribution in [0.4, 0.5) is 11.6 Å². The summed E-state index contributed by atoms with van der Waals surface area (Å²) in [4.78, 5) is 11.5. The maximum absolute atomic E-state index is 11.5. The molecule has 0 atom stereocenters. The summed E-state index contributed by atoms with van der Waals surface area (Å²) in [5.74, 6) is 1.27. The number of halogens is 1. The Hall–Kier alpha value is -4.11. The molecule has 9 heteroatoms. The van der Waals surface area contributed by atoms with Gasteiger partial charge in [0.25, 0.3) is 0 Å². The number of para-hydroxylation sites is 2. The lowest BCUT2D eigenvalue weighted by molar-refractivity contribution is 0.856. The Morgan fingerprint density at radius 1 is 0.743 bits per heavy atom. The van der Waals surface area contributed by atoms with Crippen LogP contribution in [0.5, 0.6) is 0 Å². The largest absolute Gasteiger partial charge is 0.383 e. The molecule has 0 saturated heterocycles. The number of nitrogens with zero attached hydrogens (tertiary/aromatic N) is 5. The van der Waals surface area contributed by atoms with Gasteiger partial charge in [-0.2, -0.15) is 10.2 Å². The van der Waals surface area contributed by atoms with E-state index in [1.807, 2.05) is 74.5 Å². The average molecular weight is 532 g/mol. The van der Waals surface area contributed by atoms with Gasteiger partial charge in [0.15, 0.2) is 0 Å². The minimum absolute atomic E-state index is 0.0492. The zero-order valence-electron chi connectivity index (χ0n) is 19.7. The van der Waals surface area contributed by atoms with Gasteiger partial charge in [-0.05, 0) is 60.1 Å². The van der Waals surface area contributed by atoms with Crippen molar-refractivity contribution in [2.24, 2.45) is 7.05 Å². The average Bonchev–Trinajstić information content (AvgIpc) is 3.32. The van der Waals surface area contributed by atoms with Crippen molar-refractivity contribution in [1.29, 1.82) is 0 Å². The molecule has 4 N–H and O–H groups in total. The monoisotopic (exact) mass is 531 g/mol. The Morgan fingerprint density at radius 3 is 1.74 bits per heavy atom. The van der Waals surface area contributed by atoms with E-state index in [2.05, 4.69) is 26.1 Å². The van der Waals surface area contributed by atoms with E-state index < -0.39 is 0 Å². The molecule has 0 aliphatic heterocycles. The molecule has 5 aromatic rings. The first-order valence-electron chi connectivity index (χ1n) is 10.9. The molecule has 3 aromatic heterocycles. The summed E-state index contributed by atoms with van der Waals surface area (Å²) < 4.78 is 5.76.